The molecule has 2 fully saturated rings. The van der Waals surface area contributed by atoms with Crippen LogP contribution in [0.1, 0.15) is 107 Å². The van der Waals surface area contributed by atoms with Crippen LogP contribution in [-0.2, 0) is 52.0 Å². The number of ether oxygens (including phenoxy) is 3. The van der Waals surface area contributed by atoms with Crippen LogP contribution in [0.4, 0.5) is 67.1 Å². The van der Waals surface area contributed by atoms with Crippen LogP contribution < -0.4 is 5.32 Å². The molecule has 2 saturated heterocycles. The summed E-state index contributed by atoms with van der Waals surface area (Å²) >= 11 is 0. The molecule has 4 atom stereocenters. The highest BCUT2D eigenvalue weighted by molar-refractivity contribution is 5.70. The van der Waals surface area contributed by atoms with Gasteiger partial charge in [-0.3, -0.25) is 0 Å². The van der Waals surface area contributed by atoms with Gasteiger partial charge >= 0.3 is 43.0 Å². The number of benzene rings is 2. The minimum atomic E-state index is -5.00. The van der Waals surface area contributed by atoms with Crippen LogP contribution in [-0.4, -0.2) is 90.1 Å². The molecule has 0 bridgehead atoms. The van der Waals surface area contributed by atoms with E-state index in [0.717, 1.165) is 25.5 Å². The standard InChI is InChI=1S/C23H30F6N2O4.C18H22F6N2O2/c1-6-17-12-18(7-8-30(17)20(33)35-21(2,3)4)31(19(32)34-5)13-14-9-15(22(24,25)26)11-16(10-14)23(27,28)29;1-3-14-9-15(4-5-25-14)26(16(27)28-2)10-11-6-12(17(19,20)21)8-13(7-11)18(22,23)24/h9-11,17-18H,6-8,12-13H2,1-5H3;6-8,14-15,25H,3-5,9-10H2,1-2H3. The van der Waals surface area contributed by atoms with Crippen LogP contribution in [0.15, 0.2) is 36.4 Å². The van der Waals surface area contributed by atoms with Crippen LogP contribution in [0, 0.1) is 0 Å². The first-order chi connectivity index (χ1) is 28.9. The Balaban J connectivity index is 0.000000344. The fraction of sp³-hybridized carbons (Fsp3) is 0.634. The molecular formula is C41H52F12N4O6. The van der Waals surface area contributed by atoms with E-state index < -0.39 is 90.0 Å². The number of carbonyl (C=O) groups is 3. The number of halogens is 12. The van der Waals surface area contributed by atoms with Gasteiger partial charge in [-0.25, -0.2) is 14.4 Å². The third-order valence-corrected chi connectivity index (χ3v) is 10.4. The number of likely N-dealkylation sites (tertiary alicyclic amines) is 1. The first-order valence-corrected chi connectivity index (χ1v) is 19.9. The minimum Gasteiger partial charge on any atom is -0.453 e. The van der Waals surface area contributed by atoms with Gasteiger partial charge in [0.1, 0.15) is 5.60 Å². The molecule has 4 rings (SSSR count). The van der Waals surface area contributed by atoms with E-state index in [0.29, 0.717) is 50.1 Å². The summed E-state index contributed by atoms with van der Waals surface area (Å²) in [6.45, 7) is 8.81. The first kappa shape index (κ1) is 52.7. The molecular weight excluding hydrogens is 872 g/mol. The predicted molar refractivity (Wildman–Crippen MR) is 204 cm³/mol. The molecule has 10 nitrogen and oxygen atoms in total. The molecule has 356 valence electrons. The van der Waals surface area contributed by atoms with Gasteiger partial charge < -0.3 is 34.2 Å². The van der Waals surface area contributed by atoms with E-state index >= 15 is 0 Å². The Bertz CT molecular complexity index is 1800. The summed E-state index contributed by atoms with van der Waals surface area (Å²) in [4.78, 5) is 41.2. The zero-order valence-corrected chi connectivity index (χ0v) is 35.7. The Kier molecular flexibility index (Phi) is 17.5. The van der Waals surface area contributed by atoms with Crippen molar-refractivity contribution in [1.29, 1.82) is 0 Å². The maximum atomic E-state index is 13.3. The number of hydrogen-bond acceptors (Lipinski definition) is 7. The number of piperidine rings is 2. The van der Waals surface area contributed by atoms with Crippen LogP contribution >= 0.6 is 0 Å². The second-order valence-corrected chi connectivity index (χ2v) is 16.2. The molecule has 2 aliphatic rings. The first-order valence-electron chi connectivity index (χ1n) is 19.9. The second-order valence-electron chi connectivity index (χ2n) is 16.2. The van der Waals surface area contributed by atoms with Gasteiger partial charge in [-0.2, -0.15) is 52.7 Å². The number of carbonyl (C=O) groups excluding carboxylic acids is 3. The fourth-order valence-corrected chi connectivity index (χ4v) is 7.37. The second kappa shape index (κ2) is 20.9. The maximum Gasteiger partial charge on any atom is 0.416 e. The summed E-state index contributed by atoms with van der Waals surface area (Å²) in [6, 6.07) is 1.44. The molecule has 2 aromatic rings. The zero-order chi connectivity index (χ0) is 47.9. The smallest absolute Gasteiger partial charge is 0.416 e. The van der Waals surface area contributed by atoms with E-state index in [-0.39, 0.29) is 60.8 Å². The molecule has 3 amide bonds. The van der Waals surface area contributed by atoms with Gasteiger partial charge in [0.05, 0.1) is 36.5 Å². The van der Waals surface area contributed by atoms with Crippen LogP contribution in [0.2, 0.25) is 0 Å². The Morgan fingerprint density at radius 2 is 1.03 bits per heavy atom. The number of nitrogens with zero attached hydrogens (tertiary/aromatic N) is 3. The zero-order valence-electron chi connectivity index (χ0n) is 35.7. The summed E-state index contributed by atoms with van der Waals surface area (Å²) in [7, 11) is 2.21. The monoisotopic (exact) mass is 924 g/mol. The molecule has 0 spiro atoms. The van der Waals surface area contributed by atoms with Crippen molar-refractivity contribution in [2.45, 2.75) is 141 Å². The van der Waals surface area contributed by atoms with E-state index in [9.17, 15) is 67.1 Å². The van der Waals surface area contributed by atoms with Crippen LogP contribution in [0.5, 0.6) is 0 Å². The van der Waals surface area contributed by atoms with Crippen molar-refractivity contribution in [3.63, 3.8) is 0 Å². The average molecular weight is 925 g/mol. The largest absolute Gasteiger partial charge is 0.453 e. The van der Waals surface area contributed by atoms with Gasteiger partial charge in [0, 0.05) is 43.8 Å². The highest BCUT2D eigenvalue weighted by atomic mass is 19.4. The molecule has 22 heteroatoms. The molecule has 2 aromatic carbocycles. The summed E-state index contributed by atoms with van der Waals surface area (Å²) in [5.74, 6) is 0. The molecule has 0 aromatic heterocycles. The highest BCUT2D eigenvalue weighted by Crippen LogP contribution is 2.39. The van der Waals surface area contributed by atoms with Crippen LogP contribution in [0.3, 0.4) is 0 Å². The third-order valence-electron chi connectivity index (χ3n) is 10.4. The van der Waals surface area contributed by atoms with E-state index in [1.165, 1.54) is 9.80 Å². The van der Waals surface area contributed by atoms with Gasteiger partial charge in [-0.05, 0) is 113 Å². The Labute approximate surface area is 357 Å². The number of nitrogens with one attached hydrogen (secondary N) is 1. The number of methoxy groups -OCH3 is 2. The van der Waals surface area contributed by atoms with Crippen molar-refractivity contribution in [1.82, 2.24) is 20.0 Å². The Morgan fingerprint density at radius 3 is 1.37 bits per heavy atom. The van der Waals surface area contributed by atoms with Gasteiger partial charge in [-0.15, -0.1) is 0 Å². The molecule has 1 N–H and O–H groups in total. The average Bonchev–Trinajstić information content (AvgIpc) is 3.19. The third kappa shape index (κ3) is 15.3. The topological polar surface area (TPSA) is 101 Å². The fourth-order valence-electron chi connectivity index (χ4n) is 7.37. The SMILES string of the molecule is CCC1CC(N(Cc2cc(C(F)(F)F)cc(C(F)(F)F)c2)C(=O)OC)CCN1.CCC1CC(N(Cc2cc(C(F)(F)F)cc(C(F)(F)F)c2)C(=O)OC)CCN1C(=O)OC(C)(C)C. The molecule has 2 heterocycles. The molecule has 4 unspecified atom stereocenters. The molecule has 0 saturated carbocycles. The number of hydrogen-bond donors (Lipinski definition) is 1. The summed E-state index contributed by atoms with van der Waals surface area (Å²) in [5, 5.41) is 3.26. The maximum absolute atomic E-state index is 13.3. The molecule has 2 aliphatic heterocycles. The lowest BCUT2D eigenvalue weighted by molar-refractivity contribution is -0.144. The van der Waals surface area contributed by atoms with E-state index in [2.05, 4.69) is 5.32 Å². The van der Waals surface area contributed by atoms with E-state index in [4.69, 9.17) is 14.2 Å². The summed E-state index contributed by atoms with van der Waals surface area (Å²) in [6.07, 6.45) is -19.2. The number of rotatable bonds is 8. The number of amides is 3. The van der Waals surface area contributed by atoms with Gasteiger partial charge in [0.25, 0.3) is 0 Å². The van der Waals surface area contributed by atoms with Crippen molar-refractivity contribution in [2.24, 2.45) is 0 Å². The molecule has 0 radical (unpaired) electrons. The Morgan fingerprint density at radius 1 is 0.635 bits per heavy atom. The van der Waals surface area contributed by atoms with E-state index in [1.807, 2.05) is 13.8 Å². The normalized spacial score (nSPS) is 20.0. The Hall–Kier alpha value is -4.63. The number of alkyl halides is 12. The molecule has 0 aliphatic carbocycles. The van der Waals surface area contributed by atoms with Gasteiger partial charge in [-0.1, -0.05) is 13.8 Å². The van der Waals surface area contributed by atoms with Crippen LogP contribution in [0.25, 0.3) is 0 Å². The van der Waals surface area contributed by atoms with Crippen molar-refractivity contribution in [3.8, 4) is 0 Å². The lowest BCUT2D eigenvalue weighted by Gasteiger charge is -2.43. The predicted octanol–water partition coefficient (Wildman–Crippen LogP) is 11.3. The van der Waals surface area contributed by atoms with Crippen molar-refractivity contribution < 1.29 is 81.3 Å². The van der Waals surface area contributed by atoms with Crippen molar-refractivity contribution in [2.75, 3.05) is 27.3 Å². The highest BCUT2D eigenvalue weighted by Gasteiger charge is 2.41. The summed E-state index contributed by atoms with van der Waals surface area (Å²) < 4.78 is 173. The quantitative estimate of drug-likeness (QED) is 0.208. The van der Waals surface area contributed by atoms with Gasteiger partial charge in [0.2, 0.25) is 0 Å². The lowest BCUT2D eigenvalue weighted by atomic mass is 9.94. The van der Waals surface area contributed by atoms with Gasteiger partial charge in [0.15, 0.2) is 0 Å². The minimum absolute atomic E-state index is 0.0401. The lowest BCUT2D eigenvalue weighted by Crippen LogP contribution is -2.53. The molecule has 63 heavy (non-hydrogen) atoms. The van der Waals surface area contributed by atoms with Crippen molar-refractivity contribution in [3.05, 3.63) is 69.8 Å². The van der Waals surface area contributed by atoms with E-state index in [1.54, 1.807) is 20.8 Å². The van der Waals surface area contributed by atoms with Crippen molar-refractivity contribution >= 4 is 18.3 Å². The summed E-state index contributed by atoms with van der Waals surface area (Å²) in [5.41, 5.74) is -7.03.